The van der Waals surface area contributed by atoms with Gasteiger partial charge in [-0.25, -0.2) is 4.39 Å². The lowest BCUT2D eigenvalue weighted by atomic mass is 9.59. The lowest BCUT2D eigenvalue weighted by Gasteiger charge is -2.51. The molecule has 28 heavy (non-hydrogen) atoms. The fraction of sp³-hybridized carbons (Fsp3) is 0.565. The molecule has 2 atom stereocenters. The van der Waals surface area contributed by atoms with Crippen molar-refractivity contribution >= 4 is 0 Å². The highest BCUT2D eigenvalue weighted by Crippen LogP contribution is 2.50. The van der Waals surface area contributed by atoms with Crippen LogP contribution in [0, 0.1) is 22.2 Å². The van der Waals surface area contributed by atoms with Crippen molar-refractivity contribution < 1.29 is 4.39 Å². The van der Waals surface area contributed by atoms with Crippen LogP contribution in [0.15, 0.2) is 36.5 Å². The van der Waals surface area contributed by atoms with Crippen LogP contribution < -0.4 is 0 Å². The van der Waals surface area contributed by atoms with Crippen molar-refractivity contribution in [2.24, 2.45) is 10.8 Å². The zero-order valence-electron chi connectivity index (χ0n) is 17.5. The highest BCUT2D eigenvalue weighted by molar-refractivity contribution is 5.58. The van der Waals surface area contributed by atoms with Crippen LogP contribution in [0.4, 0.5) is 4.39 Å². The van der Waals surface area contributed by atoms with E-state index in [2.05, 4.69) is 68.0 Å². The molecular formula is C23H31FN4. The molecule has 0 spiro atoms. The minimum Gasteiger partial charge on any atom is -0.296 e. The summed E-state index contributed by atoms with van der Waals surface area (Å²) in [6.07, 6.45) is 2.00. The van der Waals surface area contributed by atoms with Gasteiger partial charge in [-0.1, -0.05) is 45.0 Å². The number of piperidine rings is 1. The van der Waals surface area contributed by atoms with E-state index in [4.69, 9.17) is 0 Å². The van der Waals surface area contributed by atoms with Gasteiger partial charge in [0.25, 0.3) is 0 Å². The monoisotopic (exact) mass is 382 g/mol. The summed E-state index contributed by atoms with van der Waals surface area (Å²) in [5.74, 6) is 0. The summed E-state index contributed by atoms with van der Waals surface area (Å²) in [6, 6.07) is 12.7. The largest absolute Gasteiger partial charge is 0.296 e. The number of halogens is 1. The minimum absolute atomic E-state index is 0.224. The Morgan fingerprint density at radius 2 is 1.96 bits per heavy atom. The number of aryl methyl sites for hydroxylation is 1. The second kappa shape index (κ2) is 8.05. The third kappa shape index (κ3) is 3.98. The number of nitriles is 1. The predicted octanol–water partition coefficient (Wildman–Crippen LogP) is 5.06. The Balaban J connectivity index is 1.66. The average Bonchev–Trinajstić information content (AvgIpc) is 3.13. The lowest BCUT2D eigenvalue weighted by Crippen LogP contribution is -2.54. The van der Waals surface area contributed by atoms with Gasteiger partial charge >= 0.3 is 0 Å². The van der Waals surface area contributed by atoms with Gasteiger partial charge in [0.1, 0.15) is 6.17 Å². The molecule has 2 heterocycles. The van der Waals surface area contributed by atoms with Gasteiger partial charge in [0.05, 0.1) is 11.8 Å². The van der Waals surface area contributed by atoms with E-state index in [1.165, 1.54) is 5.56 Å². The maximum atomic E-state index is 15.3. The summed E-state index contributed by atoms with van der Waals surface area (Å²) in [5.41, 5.74) is 2.47. The minimum atomic E-state index is -0.988. The summed E-state index contributed by atoms with van der Waals surface area (Å²) in [4.78, 5) is 2.17. The molecular weight excluding hydrogens is 351 g/mol. The normalized spacial score (nSPS) is 23.5. The number of benzene rings is 1. The van der Waals surface area contributed by atoms with E-state index in [1.54, 1.807) is 0 Å². The molecule has 2 unspecified atom stereocenters. The third-order valence-corrected chi connectivity index (χ3v) is 6.40. The second-order valence-electron chi connectivity index (χ2n) is 8.95. The number of likely N-dealkylation sites (tertiary alicyclic amines) is 1. The number of rotatable bonds is 5. The van der Waals surface area contributed by atoms with Crippen molar-refractivity contribution in [3.05, 3.63) is 42.1 Å². The Kier molecular flexibility index (Phi) is 5.90. The fourth-order valence-corrected chi connectivity index (χ4v) is 4.33. The summed E-state index contributed by atoms with van der Waals surface area (Å²) >= 11 is 0. The van der Waals surface area contributed by atoms with Crippen LogP contribution in [0.1, 0.15) is 46.1 Å². The molecule has 0 N–H and O–H groups in total. The van der Waals surface area contributed by atoms with Gasteiger partial charge in [-0.15, -0.1) is 0 Å². The number of hydrogen-bond acceptors (Lipinski definition) is 3. The number of nitrogens with zero attached hydrogens (tertiary/aromatic N) is 4. The second-order valence-corrected chi connectivity index (χ2v) is 8.95. The summed E-state index contributed by atoms with van der Waals surface area (Å²) < 4.78 is 17.2. The van der Waals surface area contributed by atoms with Gasteiger partial charge in [-0.2, -0.15) is 10.4 Å². The third-order valence-electron chi connectivity index (χ3n) is 6.40. The van der Waals surface area contributed by atoms with Crippen LogP contribution in [0.3, 0.4) is 0 Å². The fourth-order valence-electron chi connectivity index (χ4n) is 4.33. The maximum Gasteiger partial charge on any atom is 0.120 e. The molecule has 0 saturated carbocycles. The molecule has 1 aromatic heterocycles. The van der Waals surface area contributed by atoms with Gasteiger partial charge in [-0.3, -0.25) is 9.58 Å². The zero-order chi connectivity index (χ0) is 20.4. The average molecular weight is 383 g/mol. The predicted molar refractivity (Wildman–Crippen MR) is 110 cm³/mol. The molecule has 1 aromatic carbocycles. The molecule has 0 aliphatic carbocycles. The zero-order valence-corrected chi connectivity index (χ0v) is 17.5. The first-order valence-corrected chi connectivity index (χ1v) is 10.2. The molecule has 2 aromatic rings. The first-order chi connectivity index (χ1) is 13.3. The van der Waals surface area contributed by atoms with E-state index >= 15 is 4.39 Å². The Bertz CT molecular complexity index is 828. The number of alkyl halides is 1. The molecule has 0 bridgehead atoms. The standard InChI is InChI=1S/C23H31FN4/c1-5-28-14-10-20(26-28)19-8-6-18(7-9-19)16-27-15-12-23(11-13-25,21(24)17-27)22(2,3)4/h6-10,14,21H,5,11-12,15-17H2,1-4H3. The van der Waals surface area contributed by atoms with Crippen LogP contribution in [0.2, 0.25) is 0 Å². The van der Waals surface area contributed by atoms with E-state index in [0.717, 1.165) is 37.3 Å². The van der Waals surface area contributed by atoms with Crippen molar-refractivity contribution in [2.45, 2.75) is 59.8 Å². The quantitative estimate of drug-likeness (QED) is 0.726. The summed E-state index contributed by atoms with van der Waals surface area (Å²) in [5, 5.41) is 13.8. The molecule has 4 nitrogen and oxygen atoms in total. The lowest BCUT2D eigenvalue weighted by molar-refractivity contribution is -0.0660. The van der Waals surface area contributed by atoms with E-state index in [1.807, 2.05) is 16.9 Å². The van der Waals surface area contributed by atoms with Gasteiger partial charge in [0, 0.05) is 43.2 Å². The van der Waals surface area contributed by atoms with Gasteiger partial charge in [0.15, 0.2) is 0 Å². The van der Waals surface area contributed by atoms with E-state index in [-0.39, 0.29) is 11.8 Å². The van der Waals surface area contributed by atoms with Crippen LogP contribution in [-0.4, -0.2) is 33.9 Å². The molecule has 0 amide bonds. The van der Waals surface area contributed by atoms with Crippen molar-refractivity contribution in [1.82, 2.24) is 14.7 Å². The van der Waals surface area contributed by atoms with Gasteiger partial charge in [0.2, 0.25) is 0 Å². The summed E-state index contributed by atoms with van der Waals surface area (Å²) in [7, 11) is 0. The molecule has 150 valence electrons. The van der Waals surface area contributed by atoms with Crippen LogP contribution in [0.25, 0.3) is 11.3 Å². The smallest absolute Gasteiger partial charge is 0.120 e. The van der Waals surface area contributed by atoms with Crippen molar-refractivity contribution in [2.75, 3.05) is 13.1 Å². The molecule has 1 saturated heterocycles. The number of hydrogen-bond donors (Lipinski definition) is 0. The Morgan fingerprint density at radius 1 is 1.25 bits per heavy atom. The van der Waals surface area contributed by atoms with Crippen molar-refractivity contribution in [3.8, 4) is 17.3 Å². The van der Waals surface area contributed by atoms with Crippen LogP contribution >= 0.6 is 0 Å². The molecule has 1 aliphatic rings. The Labute approximate surface area is 168 Å². The van der Waals surface area contributed by atoms with E-state index in [0.29, 0.717) is 6.54 Å². The number of aromatic nitrogens is 2. The van der Waals surface area contributed by atoms with Gasteiger partial charge in [-0.05, 0) is 36.9 Å². The SMILES string of the molecule is CCn1ccc(-c2ccc(CN3CCC(CC#N)(C(C)(C)C)C(F)C3)cc2)n1. The van der Waals surface area contributed by atoms with E-state index < -0.39 is 11.6 Å². The highest BCUT2D eigenvalue weighted by Gasteiger charge is 2.51. The molecule has 0 radical (unpaired) electrons. The highest BCUT2D eigenvalue weighted by atomic mass is 19.1. The molecule has 1 aliphatic heterocycles. The molecule has 1 fully saturated rings. The topological polar surface area (TPSA) is 44.9 Å². The maximum absolute atomic E-state index is 15.3. The first-order valence-electron chi connectivity index (χ1n) is 10.2. The first kappa shape index (κ1) is 20.5. The molecule has 3 rings (SSSR count). The Hall–Kier alpha value is -2.19. The summed E-state index contributed by atoms with van der Waals surface area (Å²) in [6.45, 7) is 11.1. The Morgan fingerprint density at radius 3 is 2.50 bits per heavy atom. The molecule has 5 heteroatoms. The van der Waals surface area contributed by atoms with Crippen LogP contribution in [0.5, 0.6) is 0 Å². The van der Waals surface area contributed by atoms with Gasteiger partial charge < -0.3 is 0 Å². The van der Waals surface area contributed by atoms with Crippen molar-refractivity contribution in [1.29, 1.82) is 5.26 Å². The van der Waals surface area contributed by atoms with E-state index in [9.17, 15) is 5.26 Å². The van der Waals surface area contributed by atoms with Crippen LogP contribution in [-0.2, 0) is 13.1 Å². The van der Waals surface area contributed by atoms with Crippen molar-refractivity contribution in [3.63, 3.8) is 0 Å².